The molecular formula is C16H22F4N2O3S. The van der Waals surface area contributed by atoms with Crippen molar-refractivity contribution in [3.05, 3.63) is 29.8 Å². The van der Waals surface area contributed by atoms with Gasteiger partial charge in [-0.1, -0.05) is 12.1 Å². The molecule has 10 heteroatoms. The second kappa shape index (κ2) is 9.12. The number of ether oxygens (including phenoxy) is 1. The predicted octanol–water partition coefficient (Wildman–Crippen LogP) is 2.38. The van der Waals surface area contributed by atoms with Crippen LogP contribution in [0, 0.1) is 5.92 Å². The number of halogens is 4. The van der Waals surface area contributed by atoms with Gasteiger partial charge in [0.1, 0.15) is 6.61 Å². The normalized spacial score (nSPS) is 19.0. The number of nitrogens with one attached hydrogen (secondary N) is 2. The third-order valence-corrected chi connectivity index (χ3v) is 5.47. The van der Waals surface area contributed by atoms with Gasteiger partial charge in [0, 0.05) is 6.54 Å². The first-order chi connectivity index (χ1) is 12.2. The zero-order chi connectivity index (χ0) is 19.2. The van der Waals surface area contributed by atoms with Crippen molar-refractivity contribution in [2.24, 2.45) is 5.92 Å². The van der Waals surface area contributed by atoms with E-state index in [1.54, 1.807) is 0 Å². The minimum Gasteiger partial charge on any atom is -0.370 e. The van der Waals surface area contributed by atoms with Crippen LogP contribution in [-0.4, -0.2) is 47.0 Å². The summed E-state index contributed by atoms with van der Waals surface area (Å²) in [6, 6.07) is 5.58. The highest BCUT2D eigenvalue weighted by atomic mass is 32.2. The van der Waals surface area contributed by atoms with E-state index in [0.717, 1.165) is 25.9 Å². The van der Waals surface area contributed by atoms with Gasteiger partial charge < -0.3 is 10.1 Å². The molecule has 2 rings (SSSR count). The number of sulfonamides is 1. The summed E-state index contributed by atoms with van der Waals surface area (Å²) in [7, 11) is -3.75. The molecule has 148 valence electrons. The molecule has 2 N–H and O–H groups in total. The Morgan fingerprint density at radius 3 is 2.77 bits per heavy atom. The van der Waals surface area contributed by atoms with Gasteiger partial charge in [-0.3, -0.25) is 0 Å². The van der Waals surface area contributed by atoms with E-state index in [-0.39, 0.29) is 10.8 Å². The van der Waals surface area contributed by atoms with E-state index in [1.807, 2.05) is 0 Å². The fraction of sp³-hybridized carbons (Fsp3) is 0.625. The predicted molar refractivity (Wildman–Crippen MR) is 87.8 cm³/mol. The van der Waals surface area contributed by atoms with Crippen molar-refractivity contribution in [3.8, 4) is 0 Å². The summed E-state index contributed by atoms with van der Waals surface area (Å²) < 4.78 is 81.6. The van der Waals surface area contributed by atoms with Crippen molar-refractivity contribution in [1.29, 1.82) is 0 Å². The Labute approximate surface area is 150 Å². The van der Waals surface area contributed by atoms with E-state index in [0.29, 0.717) is 12.1 Å². The Kier molecular flexibility index (Phi) is 7.39. The summed E-state index contributed by atoms with van der Waals surface area (Å²) in [5.41, 5.74) is 0.303. The standard InChI is InChI=1S/C16H22F4N2O3S/c17-15(18)16(19,20)11-25-10-12-3-1-5-14(7-12)26(23,24)22-9-13-4-2-6-21-8-13/h1,3,5,7,13,15,21-22H,2,4,6,8-11H2. The maximum Gasteiger partial charge on any atom is 0.330 e. The lowest BCUT2D eigenvalue weighted by Crippen LogP contribution is -2.38. The molecule has 1 aliphatic heterocycles. The molecule has 1 aromatic rings. The van der Waals surface area contributed by atoms with Crippen LogP contribution in [0.25, 0.3) is 0 Å². The van der Waals surface area contributed by atoms with Gasteiger partial charge in [0.15, 0.2) is 0 Å². The van der Waals surface area contributed by atoms with E-state index in [9.17, 15) is 26.0 Å². The van der Waals surface area contributed by atoms with Crippen LogP contribution in [-0.2, 0) is 21.4 Å². The molecule has 0 saturated carbocycles. The van der Waals surface area contributed by atoms with Gasteiger partial charge in [0.25, 0.3) is 0 Å². The zero-order valence-electron chi connectivity index (χ0n) is 14.1. The van der Waals surface area contributed by atoms with Crippen LogP contribution in [0.2, 0.25) is 0 Å². The highest BCUT2D eigenvalue weighted by Crippen LogP contribution is 2.23. The van der Waals surface area contributed by atoms with Gasteiger partial charge in [0.2, 0.25) is 10.0 Å². The first-order valence-electron chi connectivity index (χ1n) is 8.24. The Balaban J connectivity index is 1.92. The van der Waals surface area contributed by atoms with Crippen LogP contribution in [0.3, 0.4) is 0 Å². The molecule has 26 heavy (non-hydrogen) atoms. The Morgan fingerprint density at radius 1 is 1.35 bits per heavy atom. The smallest absolute Gasteiger partial charge is 0.330 e. The second-order valence-corrected chi connectivity index (χ2v) is 8.03. The van der Waals surface area contributed by atoms with Crippen LogP contribution in [0.1, 0.15) is 18.4 Å². The lowest BCUT2D eigenvalue weighted by atomic mass is 10.0. The summed E-state index contributed by atoms with van der Waals surface area (Å²) in [5, 5.41) is 3.20. The van der Waals surface area contributed by atoms with Crippen LogP contribution in [0.15, 0.2) is 29.2 Å². The number of rotatable bonds is 9. The zero-order valence-corrected chi connectivity index (χ0v) is 14.9. The first kappa shape index (κ1) is 21.1. The third-order valence-electron chi connectivity index (χ3n) is 4.05. The lowest BCUT2D eigenvalue weighted by Gasteiger charge is -2.22. The van der Waals surface area contributed by atoms with Gasteiger partial charge in [0.05, 0.1) is 11.5 Å². The van der Waals surface area contributed by atoms with Gasteiger partial charge in [-0.25, -0.2) is 21.9 Å². The average Bonchev–Trinajstić information content (AvgIpc) is 2.61. The van der Waals surface area contributed by atoms with Crippen molar-refractivity contribution in [1.82, 2.24) is 10.0 Å². The van der Waals surface area contributed by atoms with Crippen LogP contribution in [0.4, 0.5) is 17.6 Å². The molecule has 0 bridgehead atoms. The number of hydrogen-bond donors (Lipinski definition) is 2. The Bertz CT molecular complexity index is 680. The molecule has 0 aromatic heterocycles. The van der Waals surface area contributed by atoms with E-state index in [2.05, 4.69) is 14.8 Å². The van der Waals surface area contributed by atoms with Crippen LogP contribution in [0.5, 0.6) is 0 Å². The van der Waals surface area contributed by atoms with Crippen molar-refractivity contribution in [2.45, 2.75) is 36.7 Å². The monoisotopic (exact) mass is 398 g/mol. The van der Waals surface area contributed by atoms with Crippen molar-refractivity contribution in [3.63, 3.8) is 0 Å². The number of hydrogen-bond acceptors (Lipinski definition) is 4. The van der Waals surface area contributed by atoms with E-state index in [4.69, 9.17) is 0 Å². The molecule has 0 spiro atoms. The maximum absolute atomic E-state index is 12.8. The quantitative estimate of drug-likeness (QED) is 0.627. The van der Waals surface area contributed by atoms with E-state index < -0.39 is 35.6 Å². The summed E-state index contributed by atoms with van der Waals surface area (Å²) in [6.45, 7) is 0.147. The fourth-order valence-electron chi connectivity index (χ4n) is 2.58. The van der Waals surface area contributed by atoms with E-state index >= 15 is 0 Å². The van der Waals surface area contributed by atoms with Crippen molar-refractivity contribution >= 4 is 10.0 Å². The van der Waals surface area contributed by atoms with Crippen molar-refractivity contribution in [2.75, 3.05) is 26.2 Å². The molecule has 1 atom stereocenters. The second-order valence-electron chi connectivity index (χ2n) is 6.27. The third kappa shape index (κ3) is 6.19. The van der Waals surface area contributed by atoms with Gasteiger partial charge in [-0.15, -0.1) is 0 Å². The maximum atomic E-state index is 12.8. The molecular weight excluding hydrogens is 376 g/mol. The topological polar surface area (TPSA) is 67.4 Å². The fourth-order valence-corrected chi connectivity index (χ4v) is 3.77. The summed E-state index contributed by atoms with van der Waals surface area (Å²) >= 11 is 0. The molecule has 1 unspecified atom stereocenters. The lowest BCUT2D eigenvalue weighted by molar-refractivity contribution is -0.168. The summed E-state index contributed by atoms with van der Waals surface area (Å²) in [6.07, 6.45) is -1.89. The number of piperidine rings is 1. The van der Waals surface area contributed by atoms with Gasteiger partial charge >= 0.3 is 12.3 Å². The highest BCUT2D eigenvalue weighted by Gasteiger charge is 2.40. The summed E-state index contributed by atoms with van der Waals surface area (Å²) in [5.74, 6) is -4.03. The molecule has 1 aliphatic rings. The molecule has 0 amide bonds. The van der Waals surface area contributed by atoms with Gasteiger partial charge in [-0.2, -0.15) is 8.78 Å². The van der Waals surface area contributed by atoms with Gasteiger partial charge in [-0.05, 0) is 49.5 Å². The Morgan fingerprint density at radius 2 is 2.12 bits per heavy atom. The summed E-state index contributed by atoms with van der Waals surface area (Å²) in [4.78, 5) is -0.0250. The molecule has 1 aromatic carbocycles. The molecule has 1 fully saturated rings. The number of alkyl halides is 4. The highest BCUT2D eigenvalue weighted by molar-refractivity contribution is 7.89. The molecule has 1 heterocycles. The molecule has 0 aliphatic carbocycles. The number of benzene rings is 1. The minimum atomic E-state index is -4.24. The van der Waals surface area contributed by atoms with Crippen LogP contribution >= 0.6 is 0 Å². The SMILES string of the molecule is O=S(=O)(NCC1CCCNC1)c1cccc(COCC(F)(F)C(F)F)c1. The Hall–Kier alpha value is -1.23. The first-order valence-corrected chi connectivity index (χ1v) is 9.72. The minimum absolute atomic E-state index is 0.0250. The van der Waals surface area contributed by atoms with E-state index in [1.165, 1.54) is 24.3 Å². The van der Waals surface area contributed by atoms with Crippen molar-refractivity contribution < 1.29 is 30.7 Å². The van der Waals surface area contributed by atoms with Crippen LogP contribution < -0.4 is 10.0 Å². The molecule has 5 nitrogen and oxygen atoms in total. The molecule has 0 radical (unpaired) electrons. The average molecular weight is 398 g/mol. The molecule has 1 saturated heterocycles. The largest absolute Gasteiger partial charge is 0.370 e.